The summed E-state index contributed by atoms with van der Waals surface area (Å²) in [5.74, 6) is 3.07. The lowest BCUT2D eigenvalue weighted by Gasteiger charge is -2.33. The number of ether oxygens (including phenoxy) is 1. The fourth-order valence-corrected chi connectivity index (χ4v) is 6.15. The maximum Gasteiger partial charge on any atom is 0.253 e. The zero-order chi connectivity index (χ0) is 22.8. The van der Waals surface area contributed by atoms with Gasteiger partial charge in [0.05, 0.1) is 7.11 Å². The molecule has 2 amide bonds. The standard InChI is InChI=1S/C28H34N2O3/c1-33-25-12-10-20(11-13-25)15-22-6-3-8-24-18-30(19-26(22)24)28(32)23-7-2-5-21(16-23)17-29-14-4-9-27(29)31/h2,5,7,10-13,16,22,24,26H,3-4,6,8-9,14-15,17-19H2,1H3/t22-,24-,26-/m1/s1. The zero-order valence-corrected chi connectivity index (χ0v) is 19.5. The van der Waals surface area contributed by atoms with Crippen LogP contribution in [-0.4, -0.2) is 48.4 Å². The first kappa shape index (κ1) is 22.0. The number of benzene rings is 2. The van der Waals surface area contributed by atoms with Gasteiger partial charge in [-0.3, -0.25) is 9.59 Å². The molecule has 0 N–H and O–H groups in total. The Kier molecular flexibility index (Phi) is 6.39. The van der Waals surface area contributed by atoms with E-state index in [0.717, 1.165) is 49.4 Å². The number of hydrogen-bond acceptors (Lipinski definition) is 3. The molecule has 0 aromatic heterocycles. The third kappa shape index (κ3) is 4.78. The van der Waals surface area contributed by atoms with E-state index >= 15 is 0 Å². The molecule has 0 spiro atoms. The van der Waals surface area contributed by atoms with Gasteiger partial charge in [-0.15, -0.1) is 0 Å². The summed E-state index contributed by atoms with van der Waals surface area (Å²) >= 11 is 0. The highest BCUT2D eigenvalue weighted by Gasteiger charge is 2.41. The van der Waals surface area contributed by atoms with Gasteiger partial charge in [-0.05, 0) is 78.8 Å². The second kappa shape index (κ2) is 9.58. The number of carbonyl (C=O) groups is 2. The average Bonchev–Trinajstić information content (AvgIpc) is 3.46. The molecular formula is C28H34N2O3. The molecule has 3 aliphatic rings. The second-order valence-corrected chi connectivity index (χ2v) is 10.00. The Balaban J connectivity index is 1.25. The van der Waals surface area contributed by atoms with Gasteiger partial charge in [0.1, 0.15) is 5.75 Å². The fourth-order valence-electron chi connectivity index (χ4n) is 6.15. The first-order chi connectivity index (χ1) is 16.1. The van der Waals surface area contributed by atoms with Gasteiger partial charge in [0.25, 0.3) is 5.91 Å². The van der Waals surface area contributed by atoms with E-state index in [0.29, 0.717) is 30.7 Å². The third-order valence-electron chi connectivity index (χ3n) is 7.91. The van der Waals surface area contributed by atoms with Crippen molar-refractivity contribution in [2.24, 2.45) is 17.8 Å². The summed E-state index contributed by atoms with van der Waals surface area (Å²) in [6, 6.07) is 16.3. The molecule has 0 bridgehead atoms. The minimum Gasteiger partial charge on any atom is -0.497 e. The molecule has 2 aromatic rings. The Labute approximate surface area is 196 Å². The van der Waals surface area contributed by atoms with E-state index in [9.17, 15) is 9.59 Å². The first-order valence-electron chi connectivity index (χ1n) is 12.4. The Morgan fingerprint density at radius 1 is 1.03 bits per heavy atom. The van der Waals surface area contributed by atoms with Crippen LogP contribution in [0.5, 0.6) is 5.75 Å². The van der Waals surface area contributed by atoms with Gasteiger partial charge >= 0.3 is 0 Å². The van der Waals surface area contributed by atoms with Crippen LogP contribution in [0.2, 0.25) is 0 Å². The van der Waals surface area contributed by atoms with E-state index in [1.165, 1.54) is 24.8 Å². The largest absolute Gasteiger partial charge is 0.497 e. The van der Waals surface area contributed by atoms with Gasteiger partial charge in [0.2, 0.25) is 5.91 Å². The topological polar surface area (TPSA) is 49.9 Å². The molecule has 2 aliphatic heterocycles. The lowest BCUT2D eigenvalue weighted by molar-refractivity contribution is -0.128. The van der Waals surface area contributed by atoms with Gasteiger partial charge in [-0.1, -0.05) is 30.7 Å². The number of carbonyl (C=O) groups excluding carboxylic acids is 2. The van der Waals surface area contributed by atoms with Crippen LogP contribution in [0.3, 0.4) is 0 Å². The highest BCUT2D eigenvalue weighted by Crippen LogP contribution is 2.42. The molecule has 174 valence electrons. The highest BCUT2D eigenvalue weighted by atomic mass is 16.5. The molecule has 2 heterocycles. The van der Waals surface area contributed by atoms with Crippen molar-refractivity contribution >= 4 is 11.8 Å². The van der Waals surface area contributed by atoms with Crippen molar-refractivity contribution in [1.29, 1.82) is 0 Å². The lowest BCUT2D eigenvalue weighted by atomic mass is 9.71. The van der Waals surface area contributed by atoms with E-state index in [1.807, 2.05) is 41.3 Å². The predicted octanol–water partition coefficient (Wildman–Crippen LogP) is 4.55. The average molecular weight is 447 g/mol. The minimum absolute atomic E-state index is 0.141. The van der Waals surface area contributed by atoms with Crippen LogP contribution < -0.4 is 4.74 Å². The summed E-state index contributed by atoms with van der Waals surface area (Å²) < 4.78 is 5.30. The van der Waals surface area contributed by atoms with Crippen LogP contribution in [0.4, 0.5) is 0 Å². The number of rotatable bonds is 6. The van der Waals surface area contributed by atoms with Crippen molar-refractivity contribution < 1.29 is 14.3 Å². The summed E-state index contributed by atoms with van der Waals surface area (Å²) in [4.78, 5) is 29.4. The first-order valence-corrected chi connectivity index (χ1v) is 12.4. The minimum atomic E-state index is 0.141. The van der Waals surface area contributed by atoms with Crippen molar-refractivity contribution in [2.45, 2.75) is 45.1 Å². The number of nitrogens with zero attached hydrogens (tertiary/aromatic N) is 2. The summed E-state index contributed by atoms with van der Waals surface area (Å²) in [5, 5.41) is 0. The molecule has 3 atom stereocenters. The van der Waals surface area contributed by atoms with Crippen molar-refractivity contribution in [1.82, 2.24) is 9.80 Å². The van der Waals surface area contributed by atoms with Gasteiger partial charge < -0.3 is 14.5 Å². The number of hydrogen-bond donors (Lipinski definition) is 0. The fraction of sp³-hybridized carbons (Fsp3) is 0.500. The Morgan fingerprint density at radius 2 is 1.88 bits per heavy atom. The molecule has 5 nitrogen and oxygen atoms in total. The molecule has 0 unspecified atom stereocenters. The number of amides is 2. The van der Waals surface area contributed by atoms with Crippen LogP contribution >= 0.6 is 0 Å². The van der Waals surface area contributed by atoms with Crippen molar-refractivity contribution in [3.63, 3.8) is 0 Å². The summed E-state index contributed by atoms with van der Waals surface area (Å²) in [6.07, 6.45) is 6.38. The van der Waals surface area contributed by atoms with Crippen LogP contribution in [0.1, 0.15) is 53.6 Å². The molecule has 2 aromatic carbocycles. The Hall–Kier alpha value is -2.82. The van der Waals surface area contributed by atoms with E-state index < -0.39 is 0 Å². The lowest BCUT2D eigenvalue weighted by Crippen LogP contribution is -2.31. The van der Waals surface area contributed by atoms with Gasteiger partial charge in [-0.25, -0.2) is 0 Å². The number of methoxy groups -OCH3 is 1. The van der Waals surface area contributed by atoms with E-state index in [1.54, 1.807) is 7.11 Å². The maximum atomic E-state index is 13.4. The monoisotopic (exact) mass is 446 g/mol. The smallest absolute Gasteiger partial charge is 0.253 e. The summed E-state index contributed by atoms with van der Waals surface area (Å²) in [5.41, 5.74) is 3.16. The van der Waals surface area contributed by atoms with Crippen LogP contribution in [0.15, 0.2) is 48.5 Å². The normalized spacial score (nSPS) is 24.8. The zero-order valence-electron chi connectivity index (χ0n) is 19.5. The number of fused-ring (bicyclic) bond motifs is 1. The van der Waals surface area contributed by atoms with E-state index in [2.05, 4.69) is 17.0 Å². The van der Waals surface area contributed by atoms with Crippen LogP contribution in [0, 0.1) is 17.8 Å². The Bertz CT molecular complexity index is 1000. The highest BCUT2D eigenvalue weighted by molar-refractivity contribution is 5.94. The molecule has 5 heteroatoms. The molecule has 0 radical (unpaired) electrons. The van der Waals surface area contributed by atoms with Crippen LogP contribution in [0.25, 0.3) is 0 Å². The molecular weight excluding hydrogens is 412 g/mol. The van der Waals surface area contributed by atoms with Crippen molar-refractivity contribution in [2.75, 3.05) is 26.7 Å². The SMILES string of the molecule is COc1ccc(C[C@H]2CCC[C@@H]3CN(C(=O)c4cccc(CN5CCCC5=O)c4)C[C@H]23)cc1. The molecule has 3 fully saturated rings. The second-order valence-electron chi connectivity index (χ2n) is 10.00. The van der Waals surface area contributed by atoms with Gasteiger partial charge in [-0.2, -0.15) is 0 Å². The van der Waals surface area contributed by atoms with E-state index in [4.69, 9.17) is 4.74 Å². The molecule has 2 saturated heterocycles. The molecule has 5 rings (SSSR count). The van der Waals surface area contributed by atoms with Crippen LogP contribution in [-0.2, 0) is 17.8 Å². The van der Waals surface area contributed by atoms with Gasteiger partial charge in [0.15, 0.2) is 0 Å². The predicted molar refractivity (Wildman–Crippen MR) is 128 cm³/mol. The molecule has 33 heavy (non-hydrogen) atoms. The van der Waals surface area contributed by atoms with E-state index in [-0.39, 0.29) is 11.8 Å². The molecule has 1 saturated carbocycles. The summed E-state index contributed by atoms with van der Waals surface area (Å²) in [6.45, 7) is 3.16. The van der Waals surface area contributed by atoms with Gasteiger partial charge in [0, 0.05) is 38.2 Å². The summed E-state index contributed by atoms with van der Waals surface area (Å²) in [7, 11) is 1.70. The quantitative estimate of drug-likeness (QED) is 0.654. The molecule has 1 aliphatic carbocycles. The maximum absolute atomic E-state index is 13.4. The number of likely N-dealkylation sites (tertiary alicyclic amines) is 2. The van der Waals surface area contributed by atoms with Crippen molar-refractivity contribution in [3.05, 3.63) is 65.2 Å². The Morgan fingerprint density at radius 3 is 2.64 bits per heavy atom. The third-order valence-corrected chi connectivity index (χ3v) is 7.91. The van der Waals surface area contributed by atoms with Crippen molar-refractivity contribution in [3.8, 4) is 5.75 Å².